The van der Waals surface area contributed by atoms with Crippen molar-refractivity contribution in [2.75, 3.05) is 26.2 Å². The van der Waals surface area contributed by atoms with Crippen molar-refractivity contribution < 1.29 is 19.4 Å². The lowest BCUT2D eigenvalue weighted by Gasteiger charge is -2.24. The minimum atomic E-state index is -0.610. The van der Waals surface area contributed by atoms with Crippen molar-refractivity contribution in [2.24, 2.45) is 0 Å². The SMILES string of the molecule is CCCCCCCCCOC(=O)CCCCCCCN(CCCCCCCC(O)OC(CCCCCCCC)CCCCCCCC)CCC(C)n1ccnc1. The van der Waals surface area contributed by atoms with Crippen LogP contribution in [0.15, 0.2) is 18.7 Å². The summed E-state index contributed by atoms with van der Waals surface area (Å²) in [6, 6.07) is 0.454. The Morgan fingerprint density at radius 3 is 1.57 bits per heavy atom. The fourth-order valence-electron chi connectivity index (χ4n) is 7.90. The Morgan fingerprint density at radius 2 is 1.05 bits per heavy atom. The predicted octanol–water partition coefficient (Wildman–Crippen LogP) is 14.3. The summed E-state index contributed by atoms with van der Waals surface area (Å²) in [4.78, 5) is 19.1. The molecule has 1 rings (SSSR count). The number of hydrogen-bond donors (Lipinski definition) is 1. The number of carbonyl (C=O) groups is 1. The van der Waals surface area contributed by atoms with Crippen LogP contribution in [-0.2, 0) is 14.3 Å². The molecule has 1 aromatic heterocycles. The summed E-state index contributed by atoms with van der Waals surface area (Å²) in [5.41, 5.74) is 0. The van der Waals surface area contributed by atoms with Crippen molar-refractivity contribution in [3.63, 3.8) is 0 Å². The van der Waals surface area contributed by atoms with Crippen LogP contribution in [0.2, 0.25) is 0 Å². The molecule has 0 bridgehead atoms. The highest BCUT2D eigenvalue weighted by Gasteiger charge is 2.15. The molecule has 2 atom stereocenters. The monoisotopic (exact) mass is 790 g/mol. The third-order valence-electron chi connectivity index (χ3n) is 11.8. The van der Waals surface area contributed by atoms with Crippen LogP contribution in [0, 0.1) is 0 Å². The highest BCUT2D eigenvalue weighted by Crippen LogP contribution is 2.20. The van der Waals surface area contributed by atoms with Gasteiger partial charge in [0.25, 0.3) is 0 Å². The number of esters is 1. The maximum Gasteiger partial charge on any atom is 0.305 e. The molecule has 0 aliphatic rings. The Hall–Kier alpha value is -1.44. The number of nitrogens with zero attached hydrogens (tertiary/aromatic N) is 3. The fraction of sp³-hybridized carbons (Fsp3) is 0.918. The third kappa shape index (κ3) is 33.5. The normalized spacial score (nSPS) is 12.9. The molecule has 0 aliphatic heterocycles. The lowest BCUT2D eigenvalue weighted by Crippen LogP contribution is -2.28. The van der Waals surface area contributed by atoms with Crippen molar-refractivity contribution in [1.29, 1.82) is 0 Å². The number of aromatic nitrogens is 2. The summed E-state index contributed by atoms with van der Waals surface area (Å²) in [7, 11) is 0. The summed E-state index contributed by atoms with van der Waals surface area (Å²) < 4.78 is 14.0. The van der Waals surface area contributed by atoms with Gasteiger partial charge in [0.1, 0.15) is 0 Å². The van der Waals surface area contributed by atoms with Gasteiger partial charge >= 0.3 is 5.97 Å². The molecule has 1 N–H and O–H groups in total. The van der Waals surface area contributed by atoms with Gasteiger partial charge in [0.05, 0.1) is 19.0 Å². The van der Waals surface area contributed by atoms with Crippen molar-refractivity contribution in [3.8, 4) is 0 Å². The zero-order valence-electron chi connectivity index (χ0n) is 37.8. The summed E-state index contributed by atoms with van der Waals surface area (Å²) in [5, 5.41) is 10.8. The Labute approximate surface area is 348 Å². The number of aliphatic hydroxyl groups is 1. The average Bonchev–Trinajstić information content (AvgIpc) is 3.75. The van der Waals surface area contributed by atoms with E-state index in [-0.39, 0.29) is 12.1 Å². The first kappa shape index (κ1) is 52.6. The summed E-state index contributed by atoms with van der Waals surface area (Å²) in [6.07, 6.45) is 46.3. The van der Waals surface area contributed by atoms with Crippen LogP contribution in [0.5, 0.6) is 0 Å². The van der Waals surface area contributed by atoms with Gasteiger partial charge in [-0.2, -0.15) is 0 Å². The lowest BCUT2D eigenvalue weighted by molar-refractivity contribution is -0.144. The van der Waals surface area contributed by atoms with E-state index in [0.29, 0.717) is 19.1 Å². The smallest absolute Gasteiger partial charge is 0.305 e. The quantitative estimate of drug-likeness (QED) is 0.0403. The topological polar surface area (TPSA) is 76.8 Å². The number of aliphatic hydroxyl groups excluding tert-OH is 1. The Kier molecular flexibility index (Phi) is 37.9. The van der Waals surface area contributed by atoms with Crippen molar-refractivity contribution in [3.05, 3.63) is 18.7 Å². The Morgan fingerprint density at radius 1 is 0.589 bits per heavy atom. The number of carbonyl (C=O) groups excluding carboxylic acids is 1. The first-order valence-electron chi connectivity index (χ1n) is 24.7. The number of imidazole rings is 1. The van der Waals surface area contributed by atoms with Gasteiger partial charge in [-0.1, -0.05) is 175 Å². The van der Waals surface area contributed by atoms with E-state index in [4.69, 9.17) is 9.47 Å². The second-order valence-corrected chi connectivity index (χ2v) is 17.2. The van der Waals surface area contributed by atoms with Crippen LogP contribution in [0.25, 0.3) is 0 Å². The number of rotatable bonds is 44. The van der Waals surface area contributed by atoms with Crippen LogP contribution < -0.4 is 0 Å². The van der Waals surface area contributed by atoms with Crippen LogP contribution in [-0.4, -0.2) is 64.2 Å². The first-order valence-corrected chi connectivity index (χ1v) is 24.7. The molecule has 0 radical (unpaired) electrons. The molecule has 0 spiro atoms. The zero-order valence-corrected chi connectivity index (χ0v) is 37.8. The predicted molar refractivity (Wildman–Crippen MR) is 239 cm³/mol. The number of ether oxygens (including phenoxy) is 2. The minimum Gasteiger partial charge on any atom is -0.466 e. The third-order valence-corrected chi connectivity index (χ3v) is 11.8. The molecule has 0 aliphatic carbocycles. The Balaban J connectivity index is 2.29. The van der Waals surface area contributed by atoms with E-state index in [2.05, 4.69) is 48.3 Å². The van der Waals surface area contributed by atoms with Gasteiger partial charge in [0, 0.05) is 31.4 Å². The molecular formula is C49H95N3O4. The zero-order chi connectivity index (χ0) is 40.6. The van der Waals surface area contributed by atoms with Crippen LogP contribution in [0.3, 0.4) is 0 Å². The largest absolute Gasteiger partial charge is 0.466 e. The van der Waals surface area contributed by atoms with Gasteiger partial charge < -0.3 is 24.0 Å². The summed E-state index contributed by atoms with van der Waals surface area (Å²) in [5.74, 6) is -0.00933. The Bertz CT molecular complexity index is 912. The molecule has 330 valence electrons. The molecule has 0 saturated heterocycles. The highest BCUT2D eigenvalue weighted by molar-refractivity contribution is 5.69. The van der Waals surface area contributed by atoms with E-state index in [1.54, 1.807) is 0 Å². The second-order valence-electron chi connectivity index (χ2n) is 17.2. The van der Waals surface area contributed by atoms with Crippen LogP contribution >= 0.6 is 0 Å². The molecule has 0 fully saturated rings. The average molecular weight is 790 g/mol. The van der Waals surface area contributed by atoms with E-state index < -0.39 is 6.29 Å². The van der Waals surface area contributed by atoms with Gasteiger partial charge in [-0.05, 0) is 77.8 Å². The molecule has 2 unspecified atom stereocenters. The van der Waals surface area contributed by atoms with Crippen molar-refractivity contribution in [1.82, 2.24) is 14.5 Å². The lowest BCUT2D eigenvalue weighted by atomic mass is 10.0. The molecule has 7 heteroatoms. The highest BCUT2D eigenvalue weighted by atomic mass is 16.6. The standard InChI is InChI=1S/C49H95N3O4/c1-5-8-11-14-17-26-33-44-55-48(53)36-29-22-18-24-31-40-51(42-38-46(4)52-43-39-50-45-52)41-32-25-19-23-30-37-49(54)56-47(34-27-20-15-12-9-6-2)35-28-21-16-13-10-7-3/h39,43,45-47,49,54H,5-38,40-42,44H2,1-4H3. The van der Waals surface area contributed by atoms with Gasteiger partial charge in [-0.25, -0.2) is 4.98 Å². The second kappa shape index (κ2) is 40.3. The molecule has 1 heterocycles. The maximum absolute atomic E-state index is 12.1. The van der Waals surface area contributed by atoms with Crippen molar-refractivity contribution >= 4 is 5.97 Å². The van der Waals surface area contributed by atoms with E-state index in [9.17, 15) is 9.90 Å². The van der Waals surface area contributed by atoms with Crippen LogP contribution in [0.4, 0.5) is 0 Å². The van der Waals surface area contributed by atoms with Crippen LogP contribution in [0.1, 0.15) is 252 Å². The van der Waals surface area contributed by atoms with Gasteiger partial charge in [-0.3, -0.25) is 4.79 Å². The molecular weight excluding hydrogens is 695 g/mol. The number of unbranched alkanes of at least 4 members (excludes halogenated alkanes) is 24. The van der Waals surface area contributed by atoms with Crippen molar-refractivity contribution in [2.45, 2.75) is 264 Å². The fourth-order valence-corrected chi connectivity index (χ4v) is 7.90. The molecule has 0 aromatic carbocycles. The molecule has 0 saturated carbocycles. The minimum absolute atomic E-state index is 0.00933. The maximum atomic E-state index is 12.1. The number of hydrogen-bond acceptors (Lipinski definition) is 6. The van der Waals surface area contributed by atoms with E-state index >= 15 is 0 Å². The van der Waals surface area contributed by atoms with Gasteiger partial charge in [0.15, 0.2) is 6.29 Å². The molecule has 56 heavy (non-hydrogen) atoms. The summed E-state index contributed by atoms with van der Waals surface area (Å²) >= 11 is 0. The molecule has 7 nitrogen and oxygen atoms in total. The van der Waals surface area contributed by atoms with E-state index in [1.807, 2.05) is 12.5 Å². The van der Waals surface area contributed by atoms with Gasteiger partial charge in [-0.15, -0.1) is 0 Å². The molecule has 1 aromatic rings. The first-order chi connectivity index (χ1) is 27.5. The molecule has 0 amide bonds. The van der Waals surface area contributed by atoms with Gasteiger partial charge in [0.2, 0.25) is 0 Å². The van der Waals surface area contributed by atoms with E-state index in [1.165, 1.54) is 161 Å². The van der Waals surface area contributed by atoms with E-state index in [0.717, 1.165) is 71.0 Å². The summed E-state index contributed by atoms with van der Waals surface area (Å²) in [6.45, 7) is 13.1.